The van der Waals surface area contributed by atoms with Crippen molar-refractivity contribution in [1.29, 1.82) is 0 Å². The number of hydrogen-bond donors (Lipinski definition) is 1. The number of ether oxygens (including phenoxy) is 1. The molecule has 2 atom stereocenters. The van der Waals surface area contributed by atoms with Crippen LogP contribution in [-0.2, 0) is 16.0 Å². The number of benzene rings is 2. The van der Waals surface area contributed by atoms with E-state index >= 15 is 0 Å². The lowest BCUT2D eigenvalue weighted by molar-refractivity contribution is -0.125. The van der Waals surface area contributed by atoms with Gasteiger partial charge in [0.25, 0.3) is 0 Å². The lowest BCUT2D eigenvalue weighted by Gasteiger charge is -2.36. The Morgan fingerprint density at radius 1 is 1.14 bits per heavy atom. The molecule has 0 aliphatic carbocycles. The minimum absolute atomic E-state index is 0.0203. The van der Waals surface area contributed by atoms with Gasteiger partial charge in [-0.2, -0.15) is 5.10 Å². The zero-order chi connectivity index (χ0) is 25.2. The van der Waals surface area contributed by atoms with Gasteiger partial charge in [-0.15, -0.1) is 0 Å². The van der Waals surface area contributed by atoms with Crippen LogP contribution in [0.3, 0.4) is 0 Å². The van der Waals surface area contributed by atoms with Crippen LogP contribution in [0.25, 0.3) is 0 Å². The van der Waals surface area contributed by atoms with Crippen molar-refractivity contribution in [2.75, 3.05) is 32.8 Å². The molecule has 36 heavy (non-hydrogen) atoms. The molecule has 2 saturated heterocycles. The van der Waals surface area contributed by atoms with Crippen LogP contribution in [-0.4, -0.2) is 60.4 Å². The highest BCUT2D eigenvalue weighted by molar-refractivity contribution is 5.84. The van der Waals surface area contributed by atoms with Crippen molar-refractivity contribution in [2.45, 2.75) is 51.1 Å². The van der Waals surface area contributed by atoms with Crippen molar-refractivity contribution in [3.05, 3.63) is 84.6 Å². The van der Waals surface area contributed by atoms with Crippen LogP contribution in [0.2, 0.25) is 0 Å². The fourth-order valence-corrected chi connectivity index (χ4v) is 5.15. The minimum Gasteiger partial charge on any atom is -0.381 e. The van der Waals surface area contributed by atoms with E-state index in [1.54, 1.807) is 0 Å². The van der Waals surface area contributed by atoms with Gasteiger partial charge in [-0.05, 0) is 43.7 Å². The normalized spacial score (nSPS) is 20.1. The number of carbonyl (C=O) groups is 1. The molecule has 2 heterocycles. The Bertz CT molecular complexity index is 981. The van der Waals surface area contributed by atoms with Crippen LogP contribution in [0, 0.1) is 5.92 Å². The molecule has 2 aliphatic heterocycles. The van der Waals surface area contributed by atoms with E-state index in [-0.39, 0.29) is 17.9 Å². The van der Waals surface area contributed by atoms with Crippen LogP contribution < -0.4 is 5.32 Å². The van der Waals surface area contributed by atoms with Crippen molar-refractivity contribution in [3.63, 3.8) is 0 Å². The van der Waals surface area contributed by atoms with Crippen LogP contribution in [0.5, 0.6) is 0 Å². The number of hydrogen-bond acceptors (Lipinski definition) is 5. The third-order valence-electron chi connectivity index (χ3n) is 7.26. The first-order chi connectivity index (χ1) is 17.6. The molecular weight excluding hydrogens is 448 g/mol. The number of piperidine rings is 1. The zero-order valence-electron chi connectivity index (χ0n) is 21.5. The van der Waals surface area contributed by atoms with Crippen LogP contribution in [0.15, 0.2) is 78.5 Å². The molecule has 0 bridgehead atoms. The second-order valence-corrected chi connectivity index (χ2v) is 9.95. The zero-order valence-corrected chi connectivity index (χ0v) is 21.5. The summed E-state index contributed by atoms with van der Waals surface area (Å²) in [7, 11) is 0. The minimum atomic E-state index is -0.0252. The monoisotopic (exact) mass is 488 g/mol. The third-order valence-corrected chi connectivity index (χ3v) is 7.26. The van der Waals surface area contributed by atoms with Crippen molar-refractivity contribution < 1.29 is 9.53 Å². The highest BCUT2D eigenvalue weighted by Gasteiger charge is 2.27. The van der Waals surface area contributed by atoms with E-state index in [9.17, 15) is 4.79 Å². The van der Waals surface area contributed by atoms with Gasteiger partial charge in [0.15, 0.2) is 0 Å². The topological polar surface area (TPSA) is 57.2 Å². The summed E-state index contributed by atoms with van der Waals surface area (Å²) in [5.41, 5.74) is 3.54. The predicted molar refractivity (Wildman–Crippen MR) is 146 cm³/mol. The van der Waals surface area contributed by atoms with Crippen LogP contribution >= 0.6 is 0 Å². The molecule has 0 aromatic heterocycles. The molecule has 1 N–H and O–H groups in total. The first-order valence-electron chi connectivity index (χ1n) is 13.3. The van der Waals surface area contributed by atoms with Crippen molar-refractivity contribution >= 4 is 11.6 Å². The van der Waals surface area contributed by atoms with Gasteiger partial charge in [-0.1, -0.05) is 67.2 Å². The summed E-state index contributed by atoms with van der Waals surface area (Å²) < 4.78 is 5.42. The number of rotatable bonds is 11. The van der Waals surface area contributed by atoms with Gasteiger partial charge in [0.2, 0.25) is 5.91 Å². The fourth-order valence-electron chi connectivity index (χ4n) is 5.15. The fraction of sp³-hybridized carbons (Fsp3) is 0.467. The van der Waals surface area contributed by atoms with E-state index in [0.717, 1.165) is 57.5 Å². The molecule has 0 spiro atoms. The molecule has 6 heteroatoms. The summed E-state index contributed by atoms with van der Waals surface area (Å²) >= 11 is 0. The maximum Gasteiger partial charge on any atom is 0.226 e. The second kappa shape index (κ2) is 13.4. The number of hydrazone groups is 1. The Morgan fingerprint density at radius 3 is 2.47 bits per heavy atom. The Balaban J connectivity index is 1.28. The highest BCUT2D eigenvalue weighted by atomic mass is 16.5. The maximum atomic E-state index is 12.8. The van der Waals surface area contributed by atoms with Gasteiger partial charge >= 0.3 is 0 Å². The molecule has 0 radical (unpaired) electrons. The maximum absolute atomic E-state index is 12.8. The number of likely N-dealkylation sites (tertiary alicyclic amines) is 1. The van der Waals surface area contributed by atoms with E-state index in [1.165, 1.54) is 11.1 Å². The number of nitrogens with one attached hydrogen (secondary N) is 1. The Labute approximate surface area is 216 Å². The van der Waals surface area contributed by atoms with Crippen molar-refractivity contribution in [3.8, 4) is 0 Å². The molecule has 2 unspecified atom stereocenters. The summed E-state index contributed by atoms with van der Waals surface area (Å²) in [5, 5.41) is 10.2. The van der Waals surface area contributed by atoms with Gasteiger partial charge in [0.05, 0.1) is 24.6 Å². The molecule has 2 fully saturated rings. The van der Waals surface area contributed by atoms with Crippen molar-refractivity contribution in [1.82, 2.24) is 15.2 Å². The molecule has 2 aliphatic rings. The summed E-state index contributed by atoms with van der Waals surface area (Å²) in [4.78, 5) is 15.3. The molecular formula is C30H40N4O2. The largest absolute Gasteiger partial charge is 0.381 e. The Hall–Kier alpha value is -2.96. The van der Waals surface area contributed by atoms with Gasteiger partial charge in [-0.3, -0.25) is 9.80 Å². The van der Waals surface area contributed by atoms with E-state index in [2.05, 4.69) is 65.1 Å². The molecule has 2 aromatic rings. The quantitative estimate of drug-likeness (QED) is 0.365. The molecule has 1 amide bonds. The lowest BCUT2D eigenvalue weighted by atomic mass is 10.00. The molecule has 2 aromatic carbocycles. The second-order valence-electron chi connectivity index (χ2n) is 9.95. The predicted octanol–water partition coefficient (Wildman–Crippen LogP) is 4.80. The van der Waals surface area contributed by atoms with Gasteiger partial charge in [0, 0.05) is 44.6 Å². The first-order valence-corrected chi connectivity index (χ1v) is 13.3. The van der Waals surface area contributed by atoms with Crippen molar-refractivity contribution in [2.24, 2.45) is 11.0 Å². The van der Waals surface area contributed by atoms with E-state index in [0.29, 0.717) is 19.3 Å². The molecule has 6 nitrogen and oxygen atoms in total. The van der Waals surface area contributed by atoms with Gasteiger partial charge in [0.1, 0.15) is 0 Å². The molecule has 192 valence electrons. The van der Waals surface area contributed by atoms with Gasteiger partial charge < -0.3 is 15.0 Å². The SMILES string of the molecule is C=CN(/N=C(\C)Cc1ccccc1)C1CCN(CCC(NC(=O)C2CCOC2)c2ccccc2)CC1. The average Bonchev–Trinajstić information content (AvgIpc) is 3.46. The summed E-state index contributed by atoms with van der Waals surface area (Å²) in [6, 6.07) is 21.2. The van der Waals surface area contributed by atoms with Gasteiger partial charge in [-0.25, -0.2) is 0 Å². The summed E-state index contributed by atoms with van der Waals surface area (Å²) in [5.74, 6) is 0.0909. The Kier molecular flexibility index (Phi) is 9.70. The number of amides is 1. The Morgan fingerprint density at radius 2 is 1.83 bits per heavy atom. The smallest absolute Gasteiger partial charge is 0.226 e. The molecule has 0 saturated carbocycles. The first kappa shape index (κ1) is 26.1. The van der Waals surface area contributed by atoms with E-state index in [4.69, 9.17) is 9.84 Å². The standard InChI is InChI=1S/C30H40N4O2/c1-3-34(32-24(2)22-25-10-6-4-7-11-25)28-14-18-33(19-15-28)20-16-29(26-12-8-5-9-13-26)31-30(35)27-17-21-36-23-27/h3-13,27-29H,1,14-23H2,2H3,(H,31,35)/b32-24+. The van der Waals surface area contributed by atoms with Crippen LogP contribution in [0.4, 0.5) is 0 Å². The van der Waals surface area contributed by atoms with Crippen LogP contribution in [0.1, 0.15) is 49.8 Å². The summed E-state index contributed by atoms with van der Waals surface area (Å²) in [6.45, 7) is 10.3. The highest BCUT2D eigenvalue weighted by Crippen LogP contribution is 2.23. The summed E-state index contributed by atoms with van der Waals surface area (Å²) in [6.07, 6.45) is 6.53. The average molecular weight is 489 g/mol. The lowest BCUT2D eigenvalue weighted by Crippen LogP contribution is -2.43. The van der Waals surface area contributed by atoms with E-state index < -0.39 is 0 Å². The third kappa shape index (κ3) is 7.52. The number of nitrogens with zero attached hydrogens (tertiary/aromatic N) is 3. The van der Waals surface area contributed by atoms with E-state index in [1.807, 2.05) is 30.5 Å². The molecule has 4 rings (SSSR count). The number of carbonyl (C=O) groups excluding carboxylic acids is 1.